The Balaban J connectivity index is 1.62. The zero-order valence-electron chi connectivity index (χ0n) is 13.3. The number of amides is 2. The van der Waals surface area contributed by atoms with Gasteiger partial charge in [-0.3, -0.25) is 4.90 Å². The van der Waals surface area contributed by atoms with Crippen molar-refractivity contribution in [3.63, 3.8) is 0 Å². The number of fused-ring (bicyclic) bond motifs is 2. The van der Waals surface area contributed by atoms with Gasteiger partial charge in [-0.15, -0.1) is 0 Å². The summed E-state index contributed by atoms with van der Waals surface area (Å²) in [5.74, 6) is 0. The minimum absolute atomic E-state index is 0.0356. The van der Waals surface area contributed by atoms with Crippen molar-refractivity contribution in [3.8, 4) is 0 Å². The predicted molar refractivity (Wildman–Crippen MR) is 89.2 cm³/mol. The van der Waals surface area contributed by atoms with E-state index >= 15 is 0 Å². The molecule has 120 valence electrons. The average molecular weight is 322 g/mol. The fourth-order valence-electron chi connectivity index (χ4n) is 3.63. The highest BCUT2D eigenvalue weighted by atomic mass is 35.5. The van der Waals surface area contributed by atoms with Crippen LogP contribution in [0.4, 0.5) is 4.79 Å². The van der Waals surface area contributed by atoms with E-state index in [1.165, 1.54) is 12.8 Å². The Bertz CT molecular complexity index is 550. The Kier molecular flexibility index (Phi) is 4.59. The lowest BCUT2D eigenvalue weighted by Crippen LogP contribution is -2.45. The van der Waals surface area contributed by atoms with Gasteiger partial charge in [0, 0.05) is 30.2 Å². The number of rotatable bonds is 2. The van der Waals surface area contributed by atoms with Crippen LogP contribution in [0.25, 0.3) is 0 Å². The molecule has 4 nitrogen and oxygen atoms in total. The first-order chi connectivity index (χ1) is 10.5. The quantitative estimate of drug-likeness (QED) is 0.907. The van der Waals surface area contributed by atoms with Crippen molar-refractivity contribution in [1.82, 2.24) is 15.1 Å². The first kappa shape index (κ1) is 15.6. The molecular weight excluding hydrogens is 298 g/mol. The molecule has 1 aromatic rings. The molecule has 0 unspecified atom stereocenters. The Labute approximate surface area is 137 Å². The number of benzene rings is 1. The summed E-state index contributed by atoms with van der Waals surface area (Å²) in [6.07, 6.45) is 3.55. The van der Waals surface area contributed by atoms with Gasteiger partial charge in [-0.05, 0) is 50.9 Å². The van der Waals surface area contributed by atoms with Crippen molar-refractivity contribution in [2.24, 2.45) is 0 Å². The van der Waals surface area contributed by atoms with Crippen LogP contribution in [0.1, 0.15) is 37.8 Å². The molecule has 2 fully saturated rings. The van der Waals surface area contributed by atoms with E-state index in [1.54, 1.807) is 0 Å². The van der Waals surface area contributed by atoms with Gasteiger partial charge in [-0.2, -0.15) is 0 Å². The zero-order chi connectivity index (χ0) is 15.7. The van der Waals surface area contributed by atoms with Crippen LogP contribution in [0.5, 0.6) is 0 Å². The van der Waals surface area contributed by atoms with Gasteiger partial charge < -0.3 is 10.2 Å². The second-order valence-corrected chi connectivity index (χ2v) is 6.95. The minimum atomic E-state index is -0.0376. The molecule has 2 aliphatic rings. The molecule has 0 aromatic heterocycles. The van der Waals surface area contributed by atoms with Gasteiger partial charge in [0.1, 0.15) is 0 Å². The lowest BCUT2D eigenvalue weighted by atomic mass is 10.1. The molecule has 0 aliphatic carbocycles. The third-order valence-electron chi connectivity index (χ3n) is 5.12. The summed E-state index contributed by atoms with van der Waals surface area (Å²) in [5, 5.41) is 3.81. The van der Waals surface area contributed by atoms with E-state index in [4.69, 9.17) is 11.6 Å². The normalized spacial score (nSPS) is 26.6. The molecule has 1 N–H and O–H groups in total. The number of carbonyl (C=O) groups excluding carboxylic acids is 1. The summed E-state index contributed by atoms with van der Waals surface area (Å²) in [4.78, 5) is 17.0. The second kappa shape index (κ2) is 6.47. The van der Waals surface area contributed by atoms with E-state index in [1.807, 2.05) is 36.1 Å². The Morgan fingerprint density at radius 2 is 2.09 bits per heavy atom. The average Bonchev–Trinajstić information content (AvgIpc) is 2.71. The second-order valence-electron chi connectivity index (χ2n) is 6.51. The van der Waals surface area contributed by atoms with E-state index in [0.717, 1.165) is 25.1 Å². The molecule has 5 heteroatoms. The smallest absolute Gasteiger partial charge is 0.317 e. The third kappa shape index (κ3) is 3.23. The van der Waals surface area contributed by atoms with Crippen molar-refractivity contribution in [1.29, 1.82) is 0 Å². The van der Waals surface area contributed by atoms with Gasteiger partial charge in [0.15, 0.2) is 0 Å². The molecule has 2 heterocycles. The van der Waals surface area contributed by atoms with E-state index in [-0.39, 0.29) is 12.1 Å². The molecule has 0 saturated carbocycles. The maximum atomic E-state index is 12.6. The highest BCUT2D eigenvalue weighted by Gasteiger charge is 2.36. The lowest BCUT2D eigenvalue weighted by molar-refractivity contribution is 0.185. The summed E-state index contributed by atoms with van der Waals surface area (Å²) in [7, 11) is 2.19. The Hall–Kier alpha value is -1.26. The number of nitrogens with one attached hydrogen (secondary N) is 1. The number of nitrogens with zero attached hydrogens (tertiary/aromatic N) is 2. The molecule has 3 rings (SSSR count). The van der Waals surface area contributed by atoms with E-state index < -0.39 is 0 Å². The molecule has 2 aliphatic heterocycles. The summed E-state index contributed by atoms with van der Waals surface area (Å²) in [5.41, 5.74) is 1.04. The number of hydrogen-bond donors (Lipinski definition) is 1. The van der Waals surface area contributed by atoms with Gasteiger partial charge in [-0.1, -0.05) is 23.7 Å². The van der Waals surface area contributed by atoms with Crippen LogP contribution in [0, 0.1) is 0 Å². The predicted octanol–water partition coefficient (Wildman–Crippen LogP) is 3.28. The van der Waals surface area contributed by atoms with Crippen LogP contribution < -0.4 is 5.32 Å². The van der Waals surface area contributed by atoms with Gasteiger partial charge in [0.05, 0.1) is 6.04 Å². The summed E-state index contributed by atoms with van der Waals surface area (Å²) >= 11 is 6.03. The van der Waals surface area contributed by atoms with Crippen molar-refractivity contribution in [3.05, 3.63) is 34.9 Å². The molecule has 22 heavy (non-hydrogen) atoms. The number of urea groups is 1. The maximum absolute atomic E-state index is 12.6. The summed E-state index contributed by atoms with van der Waals surface area (Å²) in [6, 6.07) is 8.83. The number of carbonyl (C=O) groups is 1. The number of halogens is 1. The molecule has 3 atom stereocenters. The van der Waals surface area contributed by atoms with Crippen molar-refractivity contribution >= 4 is 17.6 Å². The van der Waals surface area contributed by atoms with Crippen molar-refractivity contribution in [2.75, 3.05) is 20.1 Å². The van der Waals surface area contributed by atoms with Gasteiger partial charge in [0.2, 0.25) is 0 Å². The molecule has 2 saturated heterocycles. The fraction of sp³-hybridized carbons (Fsp3) is 0.588. The first-order valence-electron chi connectivity index (χ1n) is 8.07. The highest BCUT2D eigenvalue weighted by molar-refractivity contribution is 6.30. The topological polar surface area (TPSA) is 35.6 Å². The minimum Gasteiger partial charge on any atom is -0.331 e. The summed E-state index contributed by atoms with van der Waals surface area (Å²) < 4.78 is 0. The van der Waals surface area contributed by atoms with E-state index in [2.05, 4.69) is 17.3 Å². The number of hydrogen-bond acceptors (Lipinski definition) is 2. The number of likely N-dealkylation sites (tertiary alicyclic amines) is 1. The van der Waals surface area contributed by atoms with Crippen LogP contribution >= 0.6 is 11.6 Å². The van der Waals surface area contributed by atoms with E-state index in [9.17, 15) is 4.79 Å². The van der Waals surface area contributed by atoms with Crippen molar-refractivity contribution in [2.45, 2.75) is 44.3 Å². The van der Waals surface area contributed by atoms with Gasteiger partial charge >= 0.3 is 6.03 Å². The maximum Gasteiger partial charge on any atom is 0.317 e. The van der Waals surface area contributed by atoms with Crippen LogP contribution in [-0.2, 0) is 0 Å². The molecular formula is C17H24ClN3O. The highest BCUT2D eigenvalue weighted by Crippen LogP contribution is 2.28. The first-order valence-corrected chi connectivity index (χ1v) is 8.45. The lowest BCUT2D eigenvalue weighted by Gasteiger charge is -2.27. The number of likely N-dealkylation sites (N-methyl/N-ethyl adjacent to an activating group) is 1. The van der Waals surface area contributed by atoms with Gasteiger partial charge in [0.25, 0.3) is 0 Å². The monoisotopic (exact) mass is 321 g/mol. The third-order valence-corrected chi connectivity index (χ3v) is 5.36. The molecule has 2 amide bonds. The summed E-state index contributed by atoms with van der Waals surface area (Å²) in [6.45, 7) is 3.68. The molecule has 2 bridgehead atoms. The van der Waals surface area contributed by atoms with Crippen LogP contribution in [0.3, 0.4) is 0 Å². The van der Waals surface area contributed by atoms with Crippen molar-refractivity contribution < 1.29 is 4.79 Å². The Morgan fingerprint density at radius 1 is 1.32 bits per heavy atom. The van der Waals surface area contributed by atoms with Crippen LogP contribution in [0.2, 0.25) is 5.02 Å². The Morgan fingerprint density at radius 3 is 2.86 bits per heavy atom. The van der Waals surface area contributed by atoms with Crippen LogP contribution in [0.15, 0.2) is 24.3 Å². The SMILES string of the molecule is C[C@H](NC(=O)N1CC[C@H]2CC[C@@H](C1)N2C)c1cccc(Cl)c1. The molecule has 0 spiro atoms. The van der Waals surface area contributed by atoms with Crippen LogP contribution in [-0.4, -0.2) is 48.1 Å². The molecule has 1 aromatic carbocycles. The fourth-order valence-corrected chi connectivity index (χ4v) is 3.83. The van der Waals surface area contributed by atoms with Gasteiger partial charge in [-0.25, -0.2) is 4.79 Å². The molecule has 0 radical (unpaired) electrons. The largest absolute Gasteiger partial charge is 0.331 e. The zero-order valence-corrected chi connectivity index (χ0v) is 14.0. The standard InChI is InChI=1S/C17H24ClN3O/c1-12(13-4-3-5-14(18)10-13)19-17(22)21-9-8-15-6-7-16(11-21)20(15)2/h3-5,10,12,15-16H,6-9,11H2,1-2H3,(H,19,22)/t12-,15+,16-/m0/s1. The van der Waals surface area contributed by atoms with E-state index in [0.29, 0.717) is 17.1 Å².